The molecule has 190 valence electrons. The van der Waals surface area contributed by atoms with Crippen LogP contribution in [0, 0.1) is 27.4 Å². The zero-order chi connectivity index (χ0) is 26.9. The number of ether oxygens (including phenoxy) is 3. The maximum atomic E-state index is 13.6. The molecule has 0 bridgehead atoms. The summed E-state index contributed by atoms with van der Waals surface area (Å²) in [5, 5.41) is 20.4. The SMILES string of the molecule is CCOC(=O)C(C(=O)OCC)C(c1ccc([N+](=O)[O-])cc1)C(C)(C(=O)OCC)c1ccc(C#N)cc1. The Bertz CT molecular complexity index is 1120. The number of hydrogen-bond acceptors (Lipinski definition) is 9. The molecule has 0 amide bonds. The molecule has 0 saturated carbocycles. The summed E-state index contributed by atoms with van der Waals surface area (Å²) in [5.74, 6) is -5.40. The molecule has 2 aromatic rings. The van der Waals surface area contributed by atoms with E-state index in [9.17, 15) is 29.8 Å². The van der Waals surface area contributed by atoms with Crippen molar-refractivity contribution in [1.82, 2.24) is 0 Å². The van der Waals surface area contributed by atoms with Crippen LogP contribution in [0.25, 0.3) is 0 Å². The van der Waals surface area contributed by atoms with E-state index < -0.39 is 40.1 Å². The summed E-state index contributed by atoms with van der Waals surface area (Å²) in [6, 6.07) is 13.3. The van der Waals surface area contributed by atoms with Gasteiger partial charge in [0.15, 0.2) is 5.92 Å². The van der Waals surface area contributed by atoms with Crippen LogP contribution in [0.3, 0.4) is 0 Å². The summed E-state index contributed by atoms with van der Waals surface area (Å²) >= 11 is 0. The molecule has 0 spiro atoms. The van der Waals surface area contributed by atoms with Crippen molar-refractivity contribution in [3.8, 4) is 6.07 Å². The van der Waals surface area contributed by atoms with Crippen LogP contribution >= 0.6 is 0 Å². The van der Waals surface area contributed by atoms with Gasteiger partial charge in [-0.05, 0) is 51.0 Å². The van der Waals surface area contributed by atoms with Gasteiger partial charge in [-0.1, -0.05) is 24.3 Å². The number of benzene rings is 2. The minimum absolute atomic E-state index is 0.0150. The molecule has 0 heterocycles. The third kappa shape index (κ3) is 5.86. The van der Waals surface area contributed by atoms with E-state index in [1.165, 1.54) is 43.3 Å². The number of nitriles is 1. The number of nitro benzene ring substituents is 1. The fourth-order valence-corrected chi connectivity index (χ4v) is 4.09. The van der Waals surface area contributed by atoms with Crippen molar-refractivity contribution in [3.05, 3.63) is 75.3 Å². The Morgan fingerprint density at radius 2 is 1.42 bits per heavy atom. The van der Waals surface area contributed by atoms with Crippen molar-refractivity contribution in [2.24, 2.45) is 5.92 Å². The molecule has 2 atom stereocenters. The third-order valence-corrected chi connectivity index (χ3v) is 5.81. The van der Waals surface area contributed by atoms with Crippen LogP contribution in [-0.4, -0.2) is 42.7 Å². The van der Waals surface area contributed by atoms with Crippen molar-refractivity contribution < 1.29 is 33.5 Å². The van der Waals surface area contributed by atoms with Gasteiger partial charge in [-0.25, -0.2) is 0 Å². The topological polar surface area (TPSA) is 146 Å². The highest BCUT2D eigenvalue weighted by atomic mass is 16.6. The molecular weight excluding hydrogens is 468 g/mol. The standard InChI is InChI=1S/C26H28N2O8/c1-5-34-23(29)21(24(30)35-6-2)22(18-10-14-20(15-11-18)28(32)33)26(4,25(31)36-7-3)19-12-8-17(16-27)9-13-19/h8-15,21-22H,5-7H2,1-4H3. The smallest absolute Gasteiger partial charge is 0.321 e. The lowest BCUT2D eigenvalue weighted by Crippen LogP contribution is -2.48. The summed E-state index contributed by atoms with van der Waals surface area (Å²) in [6.07, 6.45) is 0. The fraction of sp³-hybridized carbons (Fsp3) is 0.385. The number of hydrogen-bond donors (Lipinski definition) is 0. The molecule has 0 radical (unpaired) electrons. The Kier molecular flexibility index (Phi) is 9.67. The summed E-state index contributed by atoms with van der Waals surface area (Å²) in [4.78, 5) is 50.6. The molecule has 10 heteroatoms. The zero-order valence-electron chi connectivity index (χ0n) is 20.6. The van der Waals surface area contributed by atoms with Crippen molar-refractivity contribution >= 4 is 23.6 Å². The lowest BCUT2D eigenvalue weighted by Gasteiger charge is -2.39. The van der Waals surface area contributed by atoms with Crippen molar-refractivity contribution in [1.29, 1.82) is 5.26 Å². The number of nitro groups is 1. The van der Waals surface area contributed by atoms with Crippen LogP contribution in [0.5, 0.6) is 0 Å². The zero-order valence-corrected chi connectivity index (χ0v) is 20.6. The first-order valence-electron chi connectivity index (χ1n) is 11.4. The molecule has 2 unspecified atom stereocenters. The molecule has 0 aliphatic rings. The third-order valence-electron chi connectivity index (χ3n) is 5.81. The Morgan fingerprint density at radius 3 is 1.83 bits per heavy atom. The number of esters is 3. The average molecular weight is 497 g/mol. The van der Waals surface area contributed by atoms with E-state index in [2.05, 4.69) is 0 Å². The molecule has 0 fully saturated rings. The van der Waals surface area contributed by atoms with E-state index in [1.807, 2.05) is 6.07 Å². The number of nitrogens with zero attached hydrogens (tertiary/aromatic N) is 2. The molecule has 2 rings (SSSR count). The number of carbonyl (C=O) groups excluding carboxylic acids is 3. The van der Waals surface area contributed by atoms with Gasteiger partial charge in [0, 0.05) is 18.1 Å². The summed E-state index contributed by atoms with van der Waals surface area (Å²) in [7, 11) is 0. The Hall–Kier alpha value is -4.26. The second-order valence-electron chi connectivity index (χ2n) is 7.92. The largest absolute Gasteiger partial charge is 0.465 e. The highest BCUT2D eigenvalue weighted by Gasteiger charge is 2.54. The Balaban J connectivity index is 2.91. The molecule has 0 aromatic heterocycles. The predicted molar refractivity (Wildman–Crippen MR) is 128 cm³/mol. The molecule has 36 heavy (non-hydrogen) atoms. The molecule has 0 aliphatic carbocycles. The average Bonchev–Trinajstić information content (AvgIpc) is 2.87. The Labute approximate surface area is 208 Å². The highest BCUT2D eigenvalue weighted by Crippen LogP contribution is 2.46. The van der Waals surface area contributed by atoms with E-state index in [1.54, 1.807) is 32.9 Å². The van der Waals surface area contributed by atoms with Crippen LogP contribution in [0.4, 0.5) is 5.69 Å². The second-order valence-corrected chi connectivity index (χ2v) is 7.92. The first-order valence-corrected chi connectivity index (χ1v) is 11.4. The Morgan fingerprint density at radius 1 is 0.917 bits per heavy atom. The van der Waals surface area contributed by atoms with E-state index in [4.69, 9.17) is 14.2 Å². The first kappa shape index (κ1) is 28.0. The van der Waals surface area contributed by atoms with E-state index in [0.717, 1.165) is 0 Å². The quantitative estimate of drug-likeness (QED) is 0.149. The number of carbonyl (C=O) groups is 3. The van der Waals surface area contributed by atoms with Crippen LogP contribution < -0.4 is 0 Å². The van der Waals surface area contributed by atoms with Crippen LogP contribution in [0.2, 0.25) is 0 Å². The van der Waals surface area contributed by atoms with Gasteiger partial charge in [-0.3, -0.25) is 24.5 Å². The van der Waals surface area contributed by atoms with Crippen molar-refractivity contribution in [2.45, 2.75) is 39.0 Å². The summed E-state index contributed by atoms with van der Waals surface area (Å²) in [6.45, 7) is 6.24. The van der Waals surface area contributed by atoms with Gasteiger partial charge in [0.1, 0.15) is 0 Å². The van der Waals surface area contributed by atoms with Crippen LogP contribution in [0.15, 0.2) is 48.5 Å². The molecular formula is C26H28N2O8. The molecule has 10 nitrogen and oxygen atoms in total. The predicted octanol–water partition coefficient (Wildman–Crippen LogP) is 3.81. The minimum Gasteiger partial charge on any atom is -0.465 e. The van der Waals surface area contributed by atoms with Gasteiger partial charge in [0.25, 0.3) is 5.69 Å². The lowest BCUT2D eigenvalue weighted by molar-refractivity contribution is -0.384. The molecule has 2 aromatic carbocycles. The molecule has 0 aliphatic heterocycles. The highest BCUT2D eigenvalue weighted by molar-refractivity contribution is 5.98. The van der Waals surface area contributed by atoms with Gasteiger partial charge in [0.2, 0.25) is 0 Å². The normalized spacial score (nSPS) is 13.1. The maximum Gasteiger partial charge on any atom is 0.321 e. The lowest BCUT2D eigenvalue weighted by atomic mass is 9.63. The van der Waals surface area contributed by atoms with Crippen LogP contribution in [0.1, 0.15) is 50.3 Å². The summed E-state index contributed by atoms with van der Waals surface area (Å²) in [5.41, 5.74) is -0.889. The van der Waals surface area contributed by atoms with Gasteiger partial charge in [0.05, 0.1) is 41.8 Å². The van der Waals surface area contributed by atoms with E-state index in [0.29, 0.717) is 11.1 Å². The minimum atomic E-state index is -1.66. The van der Waals surface area contributed by atoms with Gasteiger partial charge < -0.3 is 14.2 Å². The van der Waals surface area contributed by atoms with Crippen LogP contribution in [-0.2, 0) is 34.0 Å². The fourth-order valence-electron chi connectivity index (χ4n) is 4.09. The first-order chi connectivity index (χ1) is 17.1. The van der Waals surface area contributed by atoms with Crippen molar-refractivity contribution in [2.75, 3.05) is 19.8 Å². The monoisotopic (exact) mass is 496 g/mol. The van der Waals surface area contributed by atoms with E-state index >= 15 is 0 Å². The van der Waals surface area contributed by atoms with Gasteiger partial charge in [-0.15, -0.1) is 0 Å². The van der Waals surface area contributed by atoms with E-state index in [-0.39, 0.29) is 31.1 Å². The number of rotatable bonds is 11. The number of non-ortho nitro benzene ring substituents is 1. The molecule has 0 saturated heterocycles. The summed E-state index contributed by atoms with van der Waals surface area (Å²) < 4.78 is 15.8. The maximum absolute atomic E-state index is 13.6. The van der Waals surface area contributed by atoms with Crippen molar-refractivity contribution in [3.63, 3.8) is 0 Å². The second kappa shape index (κ2) is 12.4. The van der Waals surface area contributed by atoms with Gasteiger partial charge in [-0.2, -0.15) is 5.26 Å². The van der Waals surface area contributed by atoms with Gasteiger partial charge >= 0.3 is 17.9 Å². The molecule has 0 N–H and O–H groups in total.